The van der Waals surface area contributed by atoms with E-state index in [2.05, 4.69) is 30.4 Å². The van der Waals surface area contributed by atoms with E-state index in [9.17, 15) is 9.90 Å². The number of nitrogens with one attached hydrogen (secondary N) is 1. The predicted octanol–water partition coefficient (Wildman–Crippen LogP) is 6.42. The number of phenolic OH excluding ortho intramolecular Hbond substituents is 1. The Morgan fingerprint density at radius 3 is 2.33 bits per heavy atom. The molecule has 0 bridgehead atoms. The Morgan fingerprint density at radius 2 is 1.63 bits per heavy atom. The first kappa shape index (κ1) is 19.7. The molecule has 0 aliphatic carbocycles. The van der Waals surface area contributed by atoms with E-state index in [4.69, 9.17) is 9.72 Å². The van der Waals surface area contributed by atoms with E-state index in [1.807, 2.05) is 51.1 Å². The molecule has 30 heavy (non-hydrogen) atoms. The summed E-state index contributed by atoms with van der Waals surface area (Å²) >= 11 is 0. The number of aromatic nitrogens is 1. The number of carbonyl (C=O) groups excluding carboxylic acids is 1. The smallest absolute Gasteiger partial charge is 0.412 e. The molecule has 0 saturated carbocycles. The number of ether oxygens (including phenoxy) is 1. The highest BCUT2D eigenvalue weighted by atomic mass is 16.6. The van der Waals surface area contributed by atoms with Crippen LogP contribution in [0.4, 0.5) is 10.5 Å². The lowest BCUT2D eigenvalue weighted by atomic mass is 9.98. The van der Waals surface area contributed by atoms with Gasteiger partial charge in [-0.15, -0.1) is 0 Å². The molecule has 0 unspecified atom stereocenters. The first-order valence-corrected chi connectivity index (χ1v) is 9.83. The minimum absolute atomic E-state index is 0.212. The van der Waals surface area contributed by atoms with E-state index >= 15 is 0 Å². The van der Waals surface area contributed by atoms with Crippen molar-refractivity contribution in [3.05, 3.63) is 66.2 Å². The summed E-state index contributed by atoms with van der Waals surface area (Å²) in [6.07, 6.45) is -0.503. The number of fused-ring (bicyclic) bond motifs is 3. The number of aryl methyl sites for hydroxylation is 1. The second-order valence-electron chi connectivity index (χ2n) is 8.42. The van der Waals surface area contributed by atoms with Crippen molar-refractivity contribution in [3.63, 3.8) is 0 Å². The molecular formula is C25H24N2O3. The van der Waals surface area contributed by atoms with E-state index in [1.54, 1.807) is 12.1 Å². The van der Waals surface area contributed by atoms with Crippen molar-refractivity contribution in [2.24, 2.45) is 0 Å². The Bertz CT molecular complexity index is 1260. The number of phenols is 1. The van der Waals surface area contributed by atoms with Gasteiger partial charge in [-0.1, -0.05) is 23.8 Å². The van der Waals surface area contributed by atoms with Gasteiger partial charge in [0, 0.05) is 22.0 Å². The number of nitrogens with zero attached hydrogens (tertiary/aromatic N) is 1. The molecule has 0 radical (unpaired) electrons. The van der Waals surface area contributed by atoms with Gasteiger partial charge in [0.2, 0.25) is 0 Å². The number of aromatic hydroxyl groups is 1. The fraction of sp³-hybridized carbons (Fsp3) is 0.200. The van der Waals surface area contributed by atoms with E-state index in [0.717, 1.165) is 38.5 Å². The molecule has 5 nitrogen and oxygen atoms in total. The summed E-state index contributed by atoms with van der Waals surface area (Å²) in [4.78, 5) is 17.1. The topological polar surface area (TPSA) is 71.5 Å². The van der Waals surface area contributed by atoms with Gasteiger partial charge in [-0.2, -0.15) is 0 Å². The lowest BCUT2D eigenvalue weighted by Crippen LogP contribution is -2.27. The average molecular weight is 400 g/mol. The van der Waals surface area contributed by atoms with Crippen molar-refractivity contribution in [2.45, 2.75) is 33.3 Å². The fourth-order valence-electron chi connectivity index (χ4n) is 3.46. The molecule has 1 amide bonds. The van der Waals surface area contributed by atoms with Gasteiger partial charge in [-0.25, -0.2) is 9.78 Å². The summed E-state index contributed by atoms with van der Waals surface area (Å²) in [5.74, 6) is 0.212. The number of rotatable bonds is 2. The maximum Gasteiger partial charge on any atom is 0.412 e. The van der Waals surface area contributed by atoms with Crippen LogP contribution in [-0.4, -0.2) is 21.8 Å². The number of amides is 1. The first-order chi connectivity index (χ1) is 14.2. The molecule has 0 aliphatic rings. The number of carbonyl (C=O) groups is 1. The van der Waals surface area contributed by atoms with Crippen LogP contribution in [0.3, 0.4) is 0 Å². The van der Waals surface area contributed by atoms with Gasteiger partial charge in [0.25, 0.3) is 0 Å². The molecular weight excluding hydrogens is 376 g/mol. The van der Waals surface area contributed by atoms with Crippen LogP contribution < -0.4 is 5.32 Å². The standard InChI is InChI=1S/C25H24N2O3/c1-15-5-11-19-20-12-8-17(26-24(29)30-25(2,3)4)14-22(20)27-23(21(19)13-15)16-6-9-18(28)10-7-16/h5-14,28H,1-4H3,(H,26,29). The molecule has 3 aromatic carbocycles. The van der Waals surface area contributed by atoms with Gasteiger partial charge in [-0.3, -0.25) is 5.32 Å². The first-order valence-electron chi connectivity index (χ1n) is 9.83. The molecule has 0 atom stereocenters. The minimum atomic E-state index is -0.570. The van der Waals surface area contributed by atoms with Crippen molar-refractivity contribution >= 4 is 33.5 Å². The Hall–Kier alpha value is -3.60. The lowest BCUT2D eigenvalue weighted by molar-refractivity contribution is 0.0636. The van der Waals surface area contributed by atoms with Gasteiger partial charge >= 0.3 is 6.09 Å². The zero-order valence-corrected chi connectivity index (χ0v) is 17.5. The summed E-state index contributed by atoms with van der Waals surface area (Å²) in [6, 6.07) is 19.0. The van der Waals surface area contributed by atoms with Crippen molar-refractivity contribution in [1.82, 2.24) is 4.98 Å². The summed E-state index contributed by atoms with van der Waals surface area (Å²) < 4.78 is 5.35. The third kappa shape index (κ3) is 4.06. The third-order valence-corrected chi connectivity index (χ3v) is 4.74. The Balaban J connectivity index is 1.86. The van der Waals surface area contributed by atoms with E-state index in [1.165, 1.54) is 0 Å². The van der Waals surface area contributed by atoms with Crippen LogP contribution in [0.5, 0.6) is 5.75 Å². The predicted molar refractivity (Wildman–Crippen MR) is 121 cm³/mol. The lowest BCUT2D eigenvalue weighted by Gasteiger charge is -2.19. The summed E-state index contributed by atoms with van der Waals surface area (Å²) in [5.41, 5.74) is 3.70. The van der Waals surface area contributed by atoms with E-state index < -0.39 is 11.7 Å². The molecule has 4 aromatic rings. The van der Waals surface area contributed by atoms with Crippen molar-refractivity contribution in [2.75, 3.05) is 5.32 Å². The SMILES string of the molecule is Cc1ccc2c(c1)c(-c1ccc(O)cc1)nc1cc(NC(=O)OC(C)(C)C)ccc12. The maximum absolute atomic E-state index is 12.2. The van der Waals surface area contributed by atoms with Gasteiger partial charge in [-0.05, 0) is 75.5 Å². The van der Waals surface area contributed by atoms with Crippen molar-refractivity contribution in [3.8, 4) is 17.0 Å². The number of benzene rings is 3. The highest BCUT2D eigenvalue weighted by molar-refractivity contribution is 6.11. The summed E-state index contributed by atoms with van der Waals surface area (Å²) in [5, 5.41) is 15.6. The Labute approximate surface area is 175 Å². The quantitative estimate of drug-likeness (QED) is 0.381. The molecule has 2 N–H and O–H groups in total. The maximum atomic E-state index is 12.2. The number of hydrogen-bond donors (Lipinski definition) is 2. The second kappa shape index (κ2) is 7.34. The van der Waals surface area contributed by atoms with Crippen LogP contribution in [0, 0.1) is 6.92 Å². The molecule has 0 saturated heterocycles. The van der Waals surface area contributed by atoms with Crippen molar-refractivity contribution < 1.29 is 14.6 Å². The van der Waals surface area contributed by atoms with Gasteiger partial charge in [0.1, 0.15) is 11.4 Å². The molecule has 152 valence electrons. The number of hydrogen-bond acceptors (Lipinski definition) is 4. The normalized spacial score (nSPS) is 11.6. The minimum Gasteiger partial charge on any atom is -0.508 e. The van der Waals surface area contributed by atoms with Crippen molar-refractivity contribution in [1.29, 1.82) is 0 Å². The molecule has 1 heterocycles. The fourth-order valence-corrected chi connectivity index (χ4v) is 3.46. The highest BCUT2D eigenvalue weighted by Gasteiger charge is 2.17. The van der Waals surface area contributed by atoms with E-state index in [0.29, 0.717) is 5.69 Å². The molecule has 0 aliphatic heterocycles. The van der Waals surface area contributed by atoms with Gasteiger partial charge < -0.3 is 9.84 Å². The number of pyridine rings is 1. The van der Waals surface area contributed by atoms with E-state index in [-0.39, 0.29) is 5.75 Å². The average Bonchev–Trinajstić information content (AvgIpc) is 2.66. The van der Waals surface area contributed by atoms with Crippen LogP contribution in [0.1, 0.15) is 26.3 Å². The highest BCUT2D eigenvalue weighted by Crippen LogP contribution is 2.34. The zero-order valence-electron chi connectivity index (χ0n) is 17.5. The Kier molecular flexibility index (Phi) is 4.82. The number of anilines is 1. The van der Waals surface area contributed by atoms with Crippen LogP contribution >= 0.6 is 0 Å². The third-order valence-electron chi connectivity index (χ3n) is 4.74. The molecule has 5 heteroatoms. The zero-order chi connectivity index (χ0) is 21.5. The van der Waals surface area contributed by atoms with Crippen LogP contribution in [0.2, 0.25) is 0 Å². The van der Waals surface area contributed by atoms with Gasteiger partial charge in [0.15, 0.2) is 0 Å². The summed E-state index contributed by atoms with van der Waals surface area (Å²) in [7, 11) is 0. The molecule has 0 fully saturated rings. The van der Waals surface area contributed by atoms with Crippen LogP contribution in [-0.2, 0) is 4.74 Å². The molecule has 4 rings (SSSR count). The molecule has 1 aromatic heterocycles. The molecule has 0 spiro atoms. The second-order valence-corrected chi connectivity index (χ2v) is 8.42. The monoisotopic (exact) mass is 400 g/mol. The largest absolute Gasteiger partial charge is 0.508 e. The van der Waals surface area contributed by atoms with Crippen LogP contribution in [0.15, 0.2) is 60.7 Å². The summed E-state index contributed by atoms with van der Waals surface area (Å²) in [6.45, 7) is 7.53. The van der Waals surface area contributed by atoms with Gasteiger partial charge in [0.05, 0.1) is 11.2 Å². The Morgan fingerprint density at radius 1 is 0.933 bits per heavy atom. The van der Waals surface area contributed by atoms with Crippen LogP contribution in [0.25, 0.3) is 32.9 Å².